The number of carbonyl (C=O) groups is 1. The molecule has 0 unspecified atom stereocenters. The summed E-state index contributed by atoms with van der Waals surface area (Å²) in [6.45, 7) is 2.67. The molecule has 0 atom stereocenters. The van der Waals surface area contributed by atoms with E-state index in [1.54, 1.807) is 18.0 Å². The number of halogens is 1. The maximum absolute atomic E-state index is 11.8. The number of hydrogen-bond donors (Lipinski definition) is 1. The van der Waals surface area contributed by atoms with E-state index >= 15 is 0 Å². The van der Waals surface area contributed by atoms with Crippen LogP contribution in [0.25, 0.3) is 0 Å². The Morgan fingerprint density at radius 3 is 2.90 bits per heavy atom. The van der Waals surface area contributed by atoms with Crippen LogP contribution in [-0.4, -0.2) is 23.2 Å². The lowest BCUT2D eigenvalue weighted by Crippen LogP contribution is -2.27. The molecule has 0 radical (unpaired) electrons. The van der Waals surface area contributed by atoms with Crippen molar-refractivity contribution in [3.05, 3.63) is 58.3 Å². The standard InChI is InChI=1S/C16H17BrN2OS/c1-12-10-13(17)5-6-15(12)21-11-16(20)19-9-7-14-4-2-3-8-18-14/h2-6,8,10H,7,9,11H2,1H3,(H,19,20). The van der Waals surface area contributed by atoms with Gasteiger partial charge in [-0.05, 0) is 42.8 Å². The van der Waals surface area contributed by atoms with E-state index in [2.05, 4.69) is 32.3 Å². The lowest BCUT2D eigenvalue weighted by Gasteiger charge is -2.07. The van der Waals surface area contributed by atoms with Crippen molar-refractivity contribution >= 4 is 33.6 Å². The monoisotopic (exact) mass is 364 g/mol. The minimum absolute atomic E-state index is 0.0539. The Morgan fingerprint density at radius 1 is 1.33 bits per heavy atom. The lowest BCUT2D eigenvalue weighted by molar-refractivity contribution is -0.118. The van der Waals surface area contributed by atoms with Gasteiger partial charge in [-0.2, -0.15) is 0 Å². The second kappa shape index (κ2) is 8.20. The highest BCUT2D eigenvalue weighted by Gasteiger charge is 2.05. The summed E-state index contributed by atoms with van der Waals surface area (Å²) < 4.78 is 1.06. The van der Waals surface area contributed by atoms with Crippen LogP contribution >= 0.6 is 27.7 Å². The fourth-order valence-electron chi connectivity index (χ4n) is 1.85. The van der Waals surface area contributed by atoms with E-state index in [1.807, 2.05) is 37.3 Å². The highest BCUT2D eigenvalue weighted by atomic mass is 79.9. The van der Waals surface area contributed by atoms with Crippen LogP contribution in [0.5, 0.6) is 0 Å². The Balaban J connectivity index is 1.72. The molecular formula is C16H17BrN2OS. The Bertz CT molecular complexity index is 604. The summed E-state index contributed by atoms with van der Waals surface area (Å²) >= 11 is 5.00. The zero-order chi connectivity index (χ0) is 15.1. The fraction of sp³-hybridized carbons (Fsp3) is 0.250. The minimum atomic E-state index is 0.0539. The zero-order valence-electron chi connectivity index (χ0n) is 11.8. The van der Waals surface area contributed by atoms with Gasteiger partial charge >= 0.3 is 0 Å². The summed E-state index contributed by atoms with van der Waals surface area (Å²) in [7, 11) is 0. The number of rotatable bonds is 6. The summed E-state index contributed by atoms with van der Waals surface area (Å²) in [5, 5.41) is 2.92. The molecular weight excluding hydrogens is 348 g/mol. The smallest absolute Gasteiger partial charge is 0.230 e. The predicted octanol–water partition coefficient (Wildman–Crippen LogP) is 3.60. The number of aryl methyl sites for hydroxylation is 1. The second-order valence-corrected chi connectivity index (χ2v) is 6.55. The molecule has 1 N–H and O–H groups in total. The van der Waals surface area contributed by atoms with Crippen LogP contribution in [0.15, 0.2) is 52.0 Å². The number of hydrogen-bond acceptors (Lipinski definition) is 3. The van der Waals surface area contributed by atoms with Crippen molar-refractivity contribution in [2.45, 2.75) is 18.2 Å². The van der Waals surface area contributed by atoms with Crippen LogP contribution in [0, 0.1) is 6.92 Å². The molecule has 0 aliphatic carbocycles. The predicted molar refractivity (Wildman–Crippen MR) is 90.6 cm³/mol. The number of benzene rings is 1. The molecule has 2 rings (SSSR count). The first-order valence-corrected chi connectivity index (χ1v) is 8.48. The van der Waals surface area contributed by atoms with Crippen molar-refractivity contribution in [1.29, 1.82) is 0 Å². The van der Waals surface area contributed by atoms with Gasteiger partial charge in [0.25, 0.3) is 0 Å². The van der Waals surface area contributed by atoms with Gasteiger partial charge in [0.15, 0.2) is 0 Å². The van der Waals surface area contributed by atoms with Crippen LogP contribution < -0.4 is 5.32 Å². The molecule has 0 saturated carbocycles. The summed E-state index contributed by atoms with van der Waals surface area (Å²) in [6, 6.07) is 11.9. The summed E-state index contributed by atoms with van der Waals surface area (Å²) in [4.78, 5) is 17.2. The van der Waals surface area contributed by atoms with Crippen molar-refractivity contribution in [3.63, 3.8) is 0 Å². The van der Waals surface area contributed by atoms with Gasteiger partial charge < -0.3 is 5.32 Å². The van der Waals surface area contributed by atoms with Gasteiger partial charge in [0, 0.05) is 34.2 Å². The topological polar surface area (TPSA) is 42.0 Å². The summed E-state index contributed by atoms with van der Waals surface area (Å²) in [5.41, 5.74) is 2.17. The van der Waals surface area contributed by atoms with Crippen LogP contribution in [0.4, 0.5) is 0 Å². The van der Waals surface area contributed by atoms with Gasteiger partial charge in [-0.3, -0.25) is 9.78 Å². The highest BCUT2D eigenvalue weighted by Crippen LogP contribution is 2.24. The van der Waals surface area contributed by atoms with Gasteiger partial charge in [0.05, 0.1) is 5.75 Å². The summed E-state index contributed by atoms with van der Waals surface area (Å²) in [6.07, 6.45) is 2.53. The first kappa shape index (κ1) is 16.0. The third kappa shape index (κ3) is 5.52. The van der Waals surface area contributed by atoms with E-state index in [0.717, 1.165) is 21.5 Å². The Hall–Kier alpha value is -1.33. The Morgan fingerprint density at radius 2 is 2.19 bits per heavy atom. The fourth-order valence-corrected chi connectivity index (χ4v) is 3.16. The third-order valence-electron chi connectivity index (χ3n) is 2.93. The maximum Gasteiger partial charge on any atom is 0.230 e. The molecule has 5 heteroatoms. The van der Waals surface area contributed by atoms with Crippen molar-refractivity contribution in [2.24, 2.45) is 0 Å². The van der Waals surface area contributed by atoms with Crippen molar-refractivity contribution in [2.75, 3.05) is 12.3 Å². The molecule has 21 heavy (non-hydrogen) atoms. The molecule has 110 valence electrons. The number of aromatic nitrogens is 1. The molecule has 1 aromatic heterocycles. The van der Waals surface area contributed by atoms with Gasteiger partial charge in [-0.25, -0.2) is 0 Å². The number of nitrogens with zero attached hydrogens (tertiary/aromatic N) is 1. The normalized spacial score (nSPS) is 10.4. The largest absolute Gasteiger partial charge is 0.355 e. The average Bonchev–Trinajstić information content (AvgIpc) is 2.47. The third-order valence-corrected chi connectivity index (χ3v) is 4.59. The van der Waals surface area contributed by atoms with E-state index < -0.39 is 0 Å². The number of thioether (sulfide) groups is 1. The van der Waals surface area contributed by atoms with Crippen molar-refractivity contribution < 1.29 is 4.79 Å². The van der Waals surface area contributed by atoms with Crippen molar-refractivity contribution in [3.8, 4) is 0 Å². The molecule has 1 aromatic carbocycles. The van der Waals surface area contributed by atoms with E-state index in [0.29, 0.717) is 12.3 Å². The van der Waals surface area contributed by atoms with E-state index in [9.17, 15) is 4.79 Å². The zero-order valence-corrected chi connectivity index (χ0v) is 14.2. The number of amides is 1. The molecule has 0 aliphatic rings. The molecule has 1 heterocycles. The molecule has 1 amide bonds. The Kier molecular flexibility index (Phi) is 6.26. The van der Waals surface area contributed by atoms with Crippen LogP contribution in [0.2, 0.25) is 0 Å². The number of pyridine rings is 1. The van der Waals surface area contributed by atoms with E-state index in [-0.39, 0.29) is 5.91 Å². The molecule has 2 aromatic rings. The number of nitrogens with one attached hydrogen (secondary N) is 1. The second-order valence-electron chi connectivity index (χ2n) is 4.62. The van der Waals surface area contributed by atoms with E-state index in [4.69, 9.17) is 0 Å². The average molecular weight is 365 g/mol. The van der Waals surface area contributed by atoms with Gasteiger partial charge in [0.1, 0.15) is 0 Å². The lowest BCUT2D eigenvalue weighted by atomic mass is 10.2. The minimum Gasteiger partial charge on any atom is -0.355 e. The van der Waals surface area contributed by atoms with Crippen LogP contribution in [0.3, 0.4) is 0 Å². The highest BCUT2D eigenvalue weighted by molar-refractivity contribution is 9.10. The molecule has 0 bridgehead atoms. The molecule has 0 fully saturated rings. The SMILES string of the molecule is Cc1cc(Br)ccc1SCC(=O)NCCc1ccccn1. The first-order valence-electron chi connectivity index (χ1n) is 6.71. The quantitative estimate of drug-likeness (QED) is 0.796. The summed E-state index contributed by atoms with van der Waals surface area (Å²) in [5.74, 6) is 0.489. The molecule has 0 saturated heterocycles. The van der Waals surface area contributed by atoms with Crippen LogP contribution in [0.1, 0.15) is 11.3 Å². The molecule has 0 spiro atoms. The van der Waals surface area contributed by atoms with Gasteiger partial charge in [-0.15, -0.1) is 11.8 Å². The van der Waals surface area contributed by atoms with Gasteiger partial charge in [-0.1, -0.05) is 22.0 Å². The Labute approximate surface area is 137 Å². The van der Waals surface area contributed by atoms with Gasteiger partial charge in [0.2, 0.25) is 5.91 Å². The van der Waals surface area contributed by atoms with E-state index in [1.165, 1.54) is 5.56 Å². The van der Waals surface area contributed by atoms with Crippen LogP contribution in [-0.2, 0) is 11.2 Å². The molecule has 0 aliphatic heterocycles. The number of carbonyl (C=O) groups excluding carboxylic acids is 1. The van der Waals surface area contributed by atoms with Crippen molar-refractivity contribution in [1.82, 2.24) is 10.3 Å². The molecule has 3 nitrogen and oxygen atoms in total. The maximum atomic E-state index is 11.8. The first-order chi connectivity index (χ1) is 10.1.